The van der Waals surface area contributed by atoms with E-state index in [1.165, 1.54) is 7.11 Å². The number of carbonyl (C=O) groups is 1. The normalized spacial score (nSPS) is 11.9. The third-order valence-electron chi connectivity index (χ3n) is 2.50. The number of hydrogen-bond acceptors (Lipinski definition) is 5. The predicted octanol–water partition coefficient (Wildman–Crippen LogP) is 1.44. The van der Waals surface area contributed by atoms with Crippen molar-refractivity contribution in [2.24, 2.45) is 0 Å². The molecular weight excluding hydrogens is 234 g/mol. The summed E-state index contributed by atoms with van der Waals surface area (Å²) in [5, 5.41) is 12.6. The van der Waals surface area contributed by atoms with Gasteiger partial charge in [-0.25, -0.2) is 0 Å². The Balaban J connectivity index is 2.53. The molecule has 0 aliphatic rings. The van der Waals surface area contributed by atoms with Crippen LogP contribution in [0.1, 0.15) is 19.4 Å². The number of carbonyl (C=O) groups excluding carboxylic acids is 1. The number of methoxy groups -OCH3 is 1. The molecule has 0 saturated heterocycles. The molecule has 0 bridgehead atoms. The van der Waals surface area contributed by atoms with E-state index >= 15 is 0 Å². The fourth-order valence-corrected chi connectivity index (χ4v) is 1.47. The van der Waals surface area contributed by atoms with Crippen LogP contribution < -0.4 is 10.1 Å². The molecule has 2 N–H and O–H groups in total. The largest absolute Gasteiger partial charge is 0.504 e. The summed E-state index contributed by atoms with van der Waals surface area (Å²) < 4.78 is 9.83. The van der Waals surface area contributed by atoms with Crippen molar-refractivity contribution in [3.8, 4) is 11.5 Å². The quantitative estimate of drug-likeness (QED) is 0.751. The molecule has 5 heteroatoms. The number of ether oxygens (including phenoxy) is 2. The molecular formula is C13H19NO4. The van der Waals surface area contributed by atoms with Gasteiger partial charge in [0.1, 0.15) is 6.04 Å². The van der Waals surface area contributed by atoms with Crippen LogP contribution in [0.25, 0.3) is 0 Å². The van der Waals surface area contributed by atoms with E-state index in [2.05, 4.69) is 5.32 Å². The maximum atomic E-state index is 11.4. The molecule has 0 aliphatic heterocycles. The van der Waals surface area contributed by atoms with Crippen LogP contribution in [0.15, 0.2) is 18.2 Å². The van der Waals surface area contributed by atoms with Crippen molar-refractivity contribution >= 4 is 5.97 Å². The summed E-state index contributed by atoms with van der Waals surface area (Å²) in [7, 11) is 1.50. The molecule has 1 aromatic rings. The molecule has 18 heavy (non-hydrogen) atoms. The van der Waals surface area contributed by atoms with Crippen LogP contribution in [0.3, 0.4) is 0 Å². The van der Waals surface area contributed by atoms with Crippen molar-refractivity contribution in [2.75, 3.05) is 13.7 Å². The number of esters is 1. The van der Waals surface area contributed by atoms with Crippen molar-refractivity contribution in [2.45, 2.75) is 26.4 Å². The summed E-state index contributed by atoms with van der Waals surface area (Å²) >= 11 is 0. The minimum absolute atomic E-state index is 0.0839. The summed E-state index contributed by atoms with van der Waals surface area (Å²) in [6.07, 6.45) is 0. The Morgan fingerprint density at radius 2 is 2.22 bits per heavy atom. The van der Waals surface area contributed by atoms with Gasteiger partial charge in [0.25, 0.3) is 0 Å². The van der Waals surface area contributed by atoms with Crippen LogP contribution in [0.4, 0.5) is 0 Å². The van der Waals surface area contributed by atoms with Crippen LogP contribution in [0, 0.1) is 0 Å². The van der Waals surface area contributed by atoms with Crippen LogP contribution in [-0.2, 0) is 16.1 Å². The molecule has 0 spiro atoms. The van der Waals surface area contributed by atoms with Gasteiger partial charge in [-0.2, -0.15) is 0 Å². The van der Waals surface area contributed by atoms with Crippen LogP contribution in [0.5, 0.6) is 11.5 Å². The summed E-state index contributed by atoms with van der Waals surface area (Å²) in [5.41, 5.74) is 0.865. The summed E-state index contributed by atoms with van der Waals surface area (Å²) in [4.78, 5) is 11.4. The lowest BCUT2D eigenvalue weighted by Crippen LogP contribution is -2.34. The SMILES string of the molecule is CCOC(=O)C(C)NCc1ccc(OC)c(O)c1. The van der Waals surface area contributed by atoms with Gasteiger partial charge in [-0.15, -0.1) is 0 Å². The average molecular weight is 253 g/mol. The van der Waals surface area contributed by atoms with E-state index in [-0.39, 0.29) is 17.8 Å². The first kappa shape index (κ1) is 14.3. The molecule has 0 aromatic heterocycles. The number of benzene rings is 1. The number of rotatable bonds is 6. The zero-order chi connectivity index (χ0) is 13.5. The minimum atomic E-state index is -0.380. The monoisotopic (exact) mass is 253 g/mol. The number of hydrogen-bond donors (Lipinski definition) is 2. The van der Waals surface area contributed by atoms with Gasteiger partial charge in [0, 0.05) is 6.54 Å². The number of phenols is 1. The standard InChI is InChI=1S/C13H19NO4/c1-4-18-13(16)9(2)14-8-10-5-6-12(17-3)11(15)7-10/h5-7,9,14-15H,4,8H2,1-3H3. The third-order valence-corrected chi connectivity index (χ3v) is 2.50. The summed E-state index contributed by atoms with van der Waals surface area (Å²) in [5.74, 6) is 0.230. The zero-order valence-corrected chi connectivity index (χ0v) is 10.9. The van der Waals surface area contributed by atoms with E-state index in [0.29, 0.717) is 18.9 Å². The second kappa shape index (κ2) is 6.86. The van der Waals surface area contributed by atoms with E-state index in [0.717, 1.165) is 5.56 Å². The van der Waals surface area contributed by atoms with Crippen molar-refractivity contribution in [3.63, 3.8) is 0 Å². The highest BCUT2D eigenvalue weighted by Gasteiger charge is 2.13. The summed E-state index contributed by atoms with van der Waals surface area (Å²) in [6.45, 7) is 4.35. The maximum Gasteiger partial charge on any atom is 0.322 e. The van der Waals surface area contributed by atoms with Gasteiger partial charge in [0.15, 0.2) is 11.5 Å². The average Bonchev–Trinajstić information content (AvgIpc) is 2.36. The molecule has 0 amide bonds. The molecule has 0 heterocycles. The number of nitrogens with one attached hydrogen (secondary N) is 1. The van der Waals surface area contributed by atoms with E-state index in [4.69, 9.17) is 9.47 Å². The molecule has 0 saturated carbocycles. The summed E-state index contributed by atoms with van der Waals surface area (Å²) in [6, 6.07) is 4.73. The van der Waals surface area contributed by atoms with Gasteiger partial charge < -0.3 is 19.9 Å². The van der Waals surface area contributed by atoms with Crippen LogP contribution in [0.2, 0.25) is 0 Å². The first-order valence-electron chi connectivity index (χ1n) is 5.84. The highest BCUT2D eigenvalue weighted by Crippen LogP contribution is 2.26. The molecule has 1 rings (SSSR count). The van der Waals surface area contributed by atoms with E-state index < -0.39 is 0 Å². The molecule has 5 nitrogen and oxygen atoms in total. The maximum absolute atomic E-state index is 11.4. The van der Waals surface area contributed by atoms with Crippen molar-refractivity contribution < 1.29 is 19.4 Å². The highest BCUT2D eigenvalue weighted by molar-refractivity contribution is 5.75. The van der Waals surface area contributed by atoms with E-state index in [9.17, 15) is 9.90 Å². The lowest BCUT2D eigenvalue weighted by atomic mass is 10.2. The Hall–Kier alpha value is -1.75. The van der Waals surface area contributed by atoms with Crippen molar-refractivity contribution in [3.05, 3.63) is 23.8 Å². The van der Waals surface area contributed by atoms with Gasteiger partial charge >= 0.3 is 5.97 Å². The molecule has 1 unspecified atom stereocenters. The fraction of sp³-hybridized carbons (Fsp3) is 0.462. The second-order valence-corrected chi connectivity index (χ2v) is 3.86. The Morgan fingerprint density at radius 3 is 2.78 bits per heavy atom. The van der Waals surface area contributed by atoms with Gasteiger partial charge in [0.05, 0.1) is 13.7 Å². The third kappa shape index (κ3) is 3.92. The molecule has 1 atom stereocenters. The minimum Gasteiger partial charge on any atom is -0.504 e. The first-order valence-corrected chi connectivity index (χ1v) is 5.84. The van der Waals surface area contributed by atoms with E-state index in [1.807, 2.05) is 6.07 Å². The Kier molecular flexibility index (Phi) is 5.45. The molecule has 100 valence electrons. The van der Waals surface area contributed by atoms with Gasteiger partial charge in [-0.3, -0.25) is 4.79 Å². The molecule has 1 aromatic carbocycles. The van der Waals surface area contributed by atoms with Gasteiger partial charge in [0.2, 0.25) is 0 Å². The lowest BCUT2D eigenvalue weighted by molar-refractivity contribution is -0.145. The predicted molar refractivity (Wildman–Crippen MR) is 67.6 cm³/mol. The van der Waals surface area contributed by atoms with Crippen molar-refractivity contribution in [1.29, 1.82) is 0 Å². The Bertz CT molecular complexity index is 406. The van der Waals surface area contributed by atoms with Crippen LogP contribution in [-0.4, -0.2) is 30.8 Å². The highest BCUT2D eigenvalue weighted by atomic mass is 16.5. The van der Waals surface area contributed by atoms with Crippen LogP contribution >= 0.6 is 0 Å². The van der Waals surface area contributed by atoms with E-state index in [1.54, 1.807) is 26.0 Å². The molecule has 0 fully saturated rings. The molecule has 0 radical (unpaired) electrons. The van der Waals surface area contributed by atoms with Crippen molar-refractivity contribution in [1.82, 2.24) is 5.32 Å². The lowest BCUT2D eigenvalue weighted by Gasteiger charge is -2.13. The van der Waals surface area contributed by atoms with Gasteiger partial charge in [-0.1, -0.05) is 6.07 Å². The Labute approximate surface area is 107 Å². The Morgan fingerprint density at radius 1 is 1.50 bits per heavy atom. The fourth-order valence-electron chi connectivity index (χ4n) is 1.47. The topological polar surface area (TPSA) is 67.8 Å². The zero-order valence-electron chi connectivity index (χ0n) is 10.9. The number of phenolic OH excluding ortho intramolecular Hbond substituents is 1. The first-order chi connectivity index (χ1) is 8.58. The smallest absolute Gasteiger partial charge is 0.322 e. The van der Waals surface area contributed by atoms with Gasteiger partial charge in [-0.05, 0) is 31.5 Å². The molecule has 0 aliphatic carbocycles. The number of aromatic hydroxyl groups is 1. The second-order valence-electron chi connectivity index (χ2n) is 3.86.